The van der Waals surface area contributed by atoms with Crippen LogP contribution in [0.1, 0.15) is 90.4 Å². The number of nitrogens with two attached hydrogens (primary N) is 1. The number of urea groups is 1. The summed E-state index contributed by atoms with van der Waals surface area (Å²) in [7, 11) is 1.85. The number of carboxylic acids is 1. The van der Waals surface area contributed by atoms with Crippen molar-refractivity contribution in [1.82, 2.24) is 15.5 Å². The van der Waals surface area contributed by atoms with Crippen LogP contribution in [0.5, 0.6) is 0 Å². The normalized spacial score (nSPS) is 23.7. The lowest BCUT2D eigenvalue weighted by Crippen LogP contribution is -2.55. The molecule has 0 radical (unpaired) electrons. The minimum atomic E-state index is -1.07. The average Bonchev–Trinajstić information content (AvgIpc) is 2.77. The van der Waals surface area contributed by atoms with Gasteiger partial charge in [0.25, 0.3) is 0 Å². The second kappa shape index (κ2) is 13.7. The largest absolute Gasteiger partial charge is 0.480 e. The third kappa shape index (κ3) is 8.60. The quantitative estimate of drug-likeness (QED) is 0.358. The molecular weight excluding hydrogens is 408 g/mol. The van der Waals surface area contributed by atoms with E-state index in [9.17, 15) is 19.5 Å². The van der Waals surface area contributed by atoms with Crippen molar-refractivity contribution < 1.29 is 19.5 Å². The number of aliphatic carboxylic acids is 1. The van der Waals surface area contributed by atoms with Gasteiger partial charge in [0.1, 0.15) is 12.1 Å². The van der Waals surface area contributed by atoms with Gasteiger partial charge in [-0.3, -0.25) is 4.79 Å². The van der Waals surface area contributed by atoms with Crippen molar-refractivity contribution in [2.24, 2.45) is 17.6 Å². The number of hydrogen-bond acceptors (Lipinski definition) is 4. The lowest BCUT2D eigenvalue weighted by molar-refractivity contribution is -0.139. The van der Waals surface area contributed by atoms with Gasteiger partial charge in [-0.25, -0.2) is 9.59 Å². The van der Waals surface area contributed by atoms with Crippen LogP contribution in [0.2, 0.25) is 0 Å². The Morgan fingerprint density at radius 2 is 1.69 bits per heavy atom. The number of likely N-dealkylation sites (N-methyl/N-ethyl adjacent to an activating group) is 1. The molecule has 0 heterocycles. The van der Waals surface area contributed by atoms with E-state index >= 15 is 0 Å². The molecule has 0 saturated heterocycles. The van der Waals surface area contributed by atoms with Crippen molar-refractivity contribution in [3.05, 3.63) is 0 Å². The highest BCUT2D eigenvalue weighted by molar-refractivity contribution is 5.88. The first-order valence-corrected chi connectivity index (χ1v) is 12.6. The van der Waals surface area contributed by atoms with Crippen LogP contribution in [0.15, 0.2) is 0 Å². The summed E-state index contributed by atoms with van der Waals surface area (Å²) in [6.07, 6.45) is 12.3. The van der Waals surface area contributed by atoms with Crippen molar-refractivity contribution in [1.29, 1.82) is 0 Å². The Hall–Kier alpha value is -1.83. The van der Waals surface area contributed by atoms with Crippen molar-refractivity contribution in [2.45, 2.75) is 109 Å². The molecule has 8 nitrogen and oxygen atoms in total. The Balaban J connectivity index is 2.03. The standard InChI is InChI=1S/C24H44N4O4/c1-17-9-8-12-19(15-17)28(2)22(29)21(16-18-10-4-3-5-11-18)27-24(32)26-20(23(30)31)13-6-7-14-25/h17-21H,3-16,25H2,1-2H3,(H,30,31)(H2,26,27,32)/t17?,19?,20?,21-/m1/s1. The number of nitrogens with zero attached hydrogens (tertiary/aromatic N) is 1. The number of carbonyl (C=O) groups is 3. The van der Waals surface area contributed by atoms with E-state index in [4.69, 9.17) is 5.73 Å². The fourth-order valence-electron chi connectivity index (χ4n) is 5.27. The van der Waals surface area contributed by atoms with Crippen LogP contribution in [0.4, 0.5) is 4.79 Å². The predicted octanol–water partition coefficient (Wildman–Crippen LogP) is 3.24. The molecule has 2 fully saturated rings. The Kier molecular flexibility index (Phi) is 11.3. The minimum Gasteiger partial charge on any atom is -0.480 e. The third-order valence-corrected chi connectivity index (χ3v) is 7.25. The summed E-state index contributed by atoms with van der Waals surface area (Å²) in [5.41, 5.74) is 5.49. The van der Waals surface area contributed by atoms with E-state index in [0.717, 1.165) is 44.9 Å². The number of rotatable bonds is 11. The van der Waals surface area contributed by atoms with E-state index in [1.165, 1.54) is 12.8 Å². The maximum atomic E-state index is 13.4. The molecule has 5 N–H and O–H groups in total. The molecule has 0 aromatic rings. The summed E-state index contributed by atoms with van der Waals surface area (Å²) in [5.74, 6) is -0.112. The second-order valence-corrected chi connectivity index (χ2v) is 9.96. The SMILES string of the molecule is CC1CCCC(N(C)C(=O)[C@@H](CC2CCCCC2)NC(=O)NC(CCCCN)C(=O)O)C1. The van der Waals surface area contributed by atoms with Gasteiger partial charge in [0.15, 0.2) is 0 Å². The zero-order chi connectivity index (χ0) is 23.5. The number of hydrogen-bond donors (Lipinski definition) is 4. The molecular formula is C24H44N4O4. The molecule has 2 rings (SSSR count). The smallest absolute Gasteiger partial charge is 0.326 e. The predicted molar refractivity (Wildman–Crippen MR) is 125 cm³/mol. The van der Waals surface area contributed by atoms with E-state index < -0.39 is 24.1 Å². The number of nitrogens with one attached hydrogen (secondary N) is 2. The maximum absolute atomic E-state index is 13.4. The van der Waals surface area contributed by atoms with Gasteiger partial charge in [-0.15, -0.1) is 0 Å². The Morgan fingerprint density at radius 3 is 2.31 bits per heavy atom. The molecule has 184 valence electrons. The van der Waals surface area contributed by atoms with Crippen LogP contribution in [0.3, 0.4) is 0 Å². The van der Waals surface area contributed by atoms with Crippen LogP contribution in [0.25, 0.3) is 0 Å². The zero-order valence-electron chi connectivity index (χ0n) is 20.0. The zero-order valence-corrected chi connectivity index (χ0v) is 20.0. The number of amides is 3. The first-order valence-electron chi connectivity index (χ1n) is 12.6. The second-order valence-electron chi connectivity index (χ2n) is 9.96. The van der Waals surface area contributed by atoms with E-state index in [2.05, 4.69) is 17.6 Å². The van der Waals surface area contributed by atoms with Gasteiger partial charge in [-0.1, -0.05) is 51.9 Å². The van der Waals surface area contributed by atoms with Gasteiger partial charge in [-0.2, -0.15) is 0 Å². The van der Waals surface area contributed by atoms with Crippen molar-refractivity contribution in [2.75, 3.05) is 13.6 Å². The summed E-state index contributed by atoms with van der Waals surface area (Å²) in [6.45, 7) is 2.72. The number of carbonyl (C=O) groups excluding carboxylic acids is 2. The minimum absolute atomic E-state index is 0.0557. The van der Waals surface area contributed by atoms with Crippen molar-refractivity contribution in [3.63, 3.8) is 0 Å². The molecule has 8 heteroatoms. The van der Waals surface area contributed by atoms with Gasteiger partial charge in [0, 0.05) is 13.1 Å². The molecule has 0 aliphatic heterocycles. The van der Waals surface area contributed by atoms with E-state index in [-0.39, 0.29) is 11.9 Å². The van der Waals surface area contributed by atoms with Crippen LogP contribution in [-0.4, -0.2) is 59.6 Å². The van der Waals surface area contributed by atoms with Gasteiger partial charge < -0.3 is 26.4 Å². The average molecular weight is 453 g/mol. The van der Waals surface area contributed by atoms with Crippen molar-refractivity contribution in [3.8, 4) is 0 Å². The molecule has 0 aromatic carbocycles. The lowest BCUT2D eigenvalue weighted by atomic mass is 9.83. The van der Waals surface area contributed by atoms with Gasteiger partial charge in [0.05, 0.1) is 0 Å². The number of unbranched alkanes of at least 4 members (excludes halogenated alkanes) is 1. The lowest BCUT2D eigenvalue weighted by Gasteiger charge is -2.37. The van der Waals surface area contributed by atoms with Crippen LogP contribution in [0, 0.1) is 11.8 Å². The molecule has 2 aliphatic carbocycles. The summed E-state index contributed by atoms with van der Waals surface area (Å²) >= 11 is 0. The van der Waals surface area contributed by atoms with Crippen molar-refractivity contribution >= 4 is 17.9 Å². The Bertz CT molecular complexity index is 609. The molecule has 32 heavy (non-hydrogen) atoms. The Morgan fingerprint density at radius 1 is 1.00 bits per heavy atom. The maximum Gasteiger partial charge on any atom is 0.326 e. The van der Waals surface area contributed by atoms with E-state index in [1.807, 2.05) is 11.9 Å². The fraction of sp³-hybridized carbons (Fsp3) is 0.875. The molecule has 3 unspecified atom stereocenters. The monoisotopic (exact) mass is 452 g/mol. The molecule has 0 aromatic heterocycles. The molecule has 2 aliphatic rings. The molecule has 2 saturated carbocycles. The van der Waals surface area contributed by atoms with Gasteiger partial charge in [-0.05, 0) is 56.9 Å². The highest BCUT2D eigenvalue weighted by Gasteiger charge is 2.33. The first kappa shape index (κ1) is 26.4. The summed E-state index contributed by atoms with van der Waals surface area (Å²) in [4.78, 5) is 39.6. The van der Waals surface area contributed by atoms with E-state index in [1.54, 1.807) is 0 Å². The Labute approximate surface area is 193 Å². The van der Waals surface area contributed by atoms with E-state index in [0.29, 0.717) is 44.1 Å². The molecule has 0 bridgehead atoms. The van der Waals surface area contributed by atoms with Gasteiger partial charge in [0.2, 0.25) is 5.91 Å². The van der Waals surface area contributed by atoms with Crippen LogP contribution in [-0.2, 0) is 9.59 Å². The third-order valence-electron chi connectivity index (χ3n) is 7.25. The van der Waals surface area contributed by atoms with Gasteiger partial charge >= 0.3 is 12.0 Å². The highest BCUT2D eigenvalue weighted by Crippen LogP contribution is 2.30. The topological polar surface area (TPSA) is 125 Å². The molecule has 0 spiro atoms. The first-order chi connectivity index (χ1) is 15.3. The van der Waals surface area contributed by atoms with Crippen LogP contribution >= 0.6 is 0 Å². The number of carboxylic acid groups (broad SMARTS) is 1. The summed E-state index contributed by atoms with van der Waals surface area (Å²) < 4.78 is 0. The summed E-state index contributed by atoms with van der Waals surface area (Å²) in [5, 5.41) is 14.9. The highest BCUT2D eigenvalue weighted by atomic mass is 16.4. The fourth-order valence-corrected chi connectivity index (χ4v) is 5.27. The molecule has 4 atom stereocenters. The van der Waals surface area contributed by atoms with Crippen LogP contribution < -0.4 is 16.4 Å². The summed E-state index contributed by atoms with van der Waals surface area (Å²) in [6, 6.07) is -1.99. The molecule has 3 amide bonds.